The molecule has 1 aromatic rings. The van der Waals surface area contributed by atoms with E-state index in [1.54, 1.807) is 0 Å². The van der Waals surface area contributed by atoms with Crippen LogP contribution in [-0.2, 0) is 14.6 Å². The SMILES string of the molecule is Cc1cc(N2CCCN(C(=O)CN(C)[C@H]3CCS(=O)(=O)C3)CC2)ccn1. The molecule has 2 fully saturated rings. The van der Waals surface area contributed by atoms with E-state index in [-0.39, 0.29) is 30.0 Å². The normalized spacial score (nSPS) is 23.3. The van der Waals surface area contributed by atoms with Gasteiger partial charge in [-0.25, -0.2) is 8.42 Å². The quantitative estimate of drug-likeness (QED) is 0.759. The molecule has 0 N–H and O–H groups in total. The van der Waals surface area contributed by atoms with Crippen molar-refractivity contribution in [1.82, 2.24) is 14.8 Å². The van der Waals surface area contributed by atoms with Gasteiger partial charge in [0.2, 0.25) is 5.91 Å². The molecular weight excluding hydrogens is 352 g/mol. The van der Waals surface area contributed by atoms with Gasteiger partial charge in [-0.05, 0) is 38.9 Å². The molecule has 2 aliphatic rings. The molecule has 7 nitrogen and oxygen atoms in total. The maximum atomic E-state index is 12.7. The van der Waals surface area contributed by atoms with E-state index in [4.69, 9.17) is 0 Å². The molecule has 1 amide bonds. The van der Waals surface area contributed by atoms with Crippen LogP contribution in [0.25, 0.3) is 0 Å². The van der Waals surface area contributed by atoms with Gasteiger partial charge < -0.3 is 9.80 Å². The Morgan fingerprint density at radius 2 is 2.12 bits per heavy atom. The van der Waals surface area contributed by atoms with Crippen molar-refractivity contribution in [3.63, 3.8) is 0 Å². The highest BCUT2D eigenvalue weighted by Crippen LogP contribution is 2.18. The van der Waals surface area contributed by atoms with Gasteiger partial charge in [0.05, 0.1) is 18.1 Å². The molecule has 2 saturated heterocycles. The summed E-state index contributed by atoms with van der Waals surface area (Å²) < 4.78 is 23.3. The lowest BCUT2D eigenvalue weighted by atomic mass is 10.2. The van der Waals surface area contributed by atoms with E-state index in [1.807, 2.05) is 36.0 Å². The standard InChI is InChI=1S/C18H28N4O3S/c1-15-12-16(4-6-19-15)21-7-3-8-22(10-9-21)18(23)13-20(2)17-5-11-26(24,25)14-17/h4,6,12,17H,3,5,7-11,13-14H2,1-2H3/t17-/m0/s1. The fourth-order valence-electron chi connectivity index (χ4n) is 3.72. The molecule has 0 bridgehead atoms. The van der Waals surface area contributed by atoms with E-state index >= 15 is 0 Å². The van der Waals surface area contributed by atoms with Gasteiger partial charge in [-0.2, -0.15) is 0 Å². The zero-order valence-electron chi connectivity index (χ0n) is 15.6. The molecule has 26 heavy (non-hydrogen) atoms. The number of hydrogen-bond donors (Lipinski definition) is 0. The lowest BCUT2D eigenvalue weighted by Crippen LogP contribution is -2.44. The van der Waals surface area contributed by atoms with Crippen molar-refractivity contribution < 1.29 is 13.2 Å². The second-order valence-corrected chi connectivity index (χ2v) is 9.58. The predicted octanol–water partition coefficient (Wildman–Crippen LogP) is 0.548. The molecule has 144 valence electrons. The van der Waals surface area contributed by atoms with Gasteiger partial charge in [0, 0.05) is 49.8 Å². The Bertz CT molecular complexity index is 753. The van der Waals surface area contributed by atoms with E-state index in [1.165, 1.54) is 0 Å². The number of aryl methyl sites for hydroxylation is 1. The van der Waals surface area contributed by atoms with Crippen molar-refractivity contribution in [2.75, 3.05) is 56.2 Å². The number of pyridine rings is 1. The average Bonchev–Trinajstić information content (AvgIpc) is 2.81. The van der Waals surface area contributed by atoms with Crippen LogP contribution in [0.2, 0.25) is 0 Å². The molecule has 2 aliphatic heterocycles. The number of nitrogens with zero attached hydrogens (tertiary/aromatic N) is 4. The van der Waals surface area contributed by atoms with Crippen LogP contribution in [0.1, 0.15) is 18.5 Å². The Labute approximate surface area is 155 Å². The maximum absolute atomic E-state index is 12.7. The highest BCUT2D eigenvalue weighted by atomic mass is 32.2. The minimum atomic E-state index is -2.93. The van der Waals surface area contributed by atoms with Gasteiger partial charge in [0.15, 0.2) is 9.84 Å². The summed E-state index contributed by atoms with van der Waals surface area (Å²) in [5, 5.41) is 0. The van der Waals surface area contributed by atoms with E-state index in [2.05, 4.69) is 16.0 Å². The van der Waals surface area contributed by atoms with Crippen LogP contribution < -0.4 is 4.90 Å². The molecule has 0 aliphatic carbocycles. The number of carbonyl (C=O) groups is 1. The van der Waals surface area contributed by atoms with Crippen LogP contribution in [0.5, 0.6) is 0 Å². The van der Waals surface area contributed by atoms with Gasteiger partial charge in [-0.3, -0.25) is 14.7 Å². The molecule has 0 saturated carbocycles. The topological polar surface area (TPSA) is 73.8 Å². The summed E-state index contributed by atoms with van der Waals surface area (Å²) in [5.74, 6) is 0.496. The third-order valence-electron chi connectivity index (χ3n) is 5.31. The zero-order valence-corrected chi connectivity index (χ0v) is 16.4. The van der Waals surface area contributed by atoms with Crippen LogP contribution in [0, 0.1) is 6.92 Å². The minimum absolute atomic E-state index is 0.0350. The van der Waals surface area contributed by atoms with Gasteiger partial charge in [-0.15, -0.1) is 0 Å². The van der Waals surface area contributed by atoms with Crippen LogP contribution in [-0.4, -0.2) is 86.4 Å². The highest BCUT2D eigenvalue weighted by Gasteiger charge is 2.32. The molecule has 8 heteroatoms. The molecular formula is C18H28N4O3S. The van der Waals surface area contributed by atoms with E-state index < -0.39 is 9.84 Å². The first-order valence-corrected chi connectivity index (χ1v) is 11.0. The van der Waals surface area contributed by atoms with E-state index in [9.17, 15) is 13.2 Å². The summed E-state index contributed by atoms with van der Waals surface area (Å²) in [5.41, 5.74) is 2.15. The molecule has 1 aromatic heterocycles. The van der Waals surface area contributed by atoms with Crippen LogP contribution >= 0.6 is 0 Å². The lowest BCUT2D eigenvalue weighted by Gasteiger charge is -2.27. The summed E-state index contributed by atoms with van der Waals surface area (Å²) >= 11 is 0. The Balaban J connectivity index is 1.54. The average molecular weight is 381 g/mol. The largest absolute Gasteiger partial charge is 0.370 e. The molecule has 0 radical (unpaired) electrons. The third kappa shape index (κ3) is 4.73. The first kappa shape index (κ1) is 19.1. The van der Waals surface area contributed by atoms with Gasteiger partial charge >= 0.3 is 0 Å². The van der Waals surface area contributed by atoms with E-state index in [0.717, 1.165) is 37.4 Å². The second-order valence-electron chi connectivity index (χ2n) is 7.35. The number of amides is 1. The number of sulfone groups is 1. The molecule has 3 heterocycles. The van der Waals surface area contributed by atoms with Gasteiger partial charge in [-0.1, -0.05) is 0 Å². The smallest absolute Gasteiger partial charge is 0.236 e. The highest BCUT2D eigenvalue weighted by molar-refractivity contribution is 7.91. The Hall–Kier alpha value is -1.67. The number of anilines is 1. The van der Waals surface area contributed by atoms with Crippen LogP contribution in [0.15, 0.2) is 18.3 Å². The fraction of sp³-hybridized carbons (Fsp3) is 0.667. The van der Waals surface area contributed by atoms with Crippen molar-refractivity contribution in [3.05, 3.63) is 24.0 Å². The molecule has 0 unspecified atom stereocenters. The van der Waals surface area contributed by atoms with Gasteiger partial charge in [0.1, 0.15) is 0 Å². The number of likely N-dealkylation sites (N-methyl/N-ethyl adjacent to an activating group) is 1. The minimum Gasteiger partial charge on any atom is -0.370 e. The van der Waals surface area contributed by atoms with Crippen molar-refractivity contribution in [1.29, 1.82) is 0 Å². The van der Waals surface area contributed by atoms with Crippen molar-refractivity contribution >= 4 is 21.4 Å². The van der Waals surface area contributed by atoms with Crippen molar-refractivity contribution in [2.24, 2.45) is 0 Å². The molecule has 0 spiro atoms. The molecule has 0 aromatic carbocycles. The summed E-state index contributed by atoms with van der Waals surface area (Å²) in [7, 11) is -1.07. The van der Waals surface area contributed by atoms with Crippen molar-refractivity contribution in [3.8, 4) is 0 Å². The summed E-state index contributed by atoms with van der Waals surface area (Å²) in [6.45, 7) is 5.43. The van der Waals surface area contributed by atoms with Crippen LogP contribution in [0.4, 0.5) is 5.69 Å². The van der Waals surface area contributed by atoms with Crippen molar-refractivity contribution in [2.45, 2.75) is 25.8 Å². The Kier molecular flexibility index (Phi) is 5.82. The number of aromatic nitrogens is 1. The number of carbonyl (C=O) groups excluding carboxylic acids is 1. The zero-order chi connectivity index (χ0) is 18.7. The fourth-order valence-corrected chi connectivity index (χ4v) is 5.52. The maximum Gasteiger partial charge on any atom is 0.236 e. The second kappa shape index (κ2) is 7.92. The molecule has 3 rings (SSSR count). The summed E-state index contributed by atoms with van der Waals surface area (Å²) in [6.07, 6.45) is 3.37. The first-order chi connectivity index (χ1) is 12.3. The number of rotatable bonds is 4. The molecule has 1 atom stereocenters. The Morgan fingerprint density at radius 1 is 1.31 bits per heavy atom. The summed E-state index contributed by atoms with van der Waals surface area (Å²) in [6, 6.07) is 4.05. The monoisotopic (exact) mass is 380 g/mol. The lowest BCUT2D eigenvalue weighted by molar-refractivity contribution is -0.132. The summed E-state index contributed by atoms with van der Waals surface area (Å²) in [4.78, 5) is 23.0. The Morgan fingerprint density at radius 3 is 2.81 bits per heavy atom. The van der Waals surface area contributed by atoms with Gasteiger partial charge in [0.25, 0.3) is 0 Å². The third-order valence-corrected chi connectivity index (χ3v) is 7.06. The number of hydrogen-bond acceptors (Lipinski definition) is 6. The first-order valence-electron chi connectivity index (χ1n) is 9.20. The van der Waals surface area contributed by atoms with E-state index in [0.29, 0.717) is 13.0 Å². The predicted molar refractivity (Wildman–Crippen MR) is 102 cm³/mol. The van der Waals surface area contributed by atoms with Crippen LogP contribution in [0.3, 0.4) is 0 Å².